The fourth-order valence-electron chi connectivity index (χ4n) is 2.40. The molecule has 0 radical (unpaired) electrons. The van der Waals surface area contributed by atoms with Gasteiger partial charge in [-0.05, 0) is 55.8 Å². The standard InChI is InChI=1S/C18H18ClN3O/c1-3-22(16-6-4-5-13(2)11-16)12-17-20-21-18(23-17)14-7-9-15(19)10-8-14/h4-11H,3,12H2,1-2H3. The van der Waals surface area contributed by atoms with Crippen LogP contribution in [-0.4, -0.2) is 16.7 Å². The molecule has 0 fully saturated rings. The van der Waals surface area contributed by atoms with Crippen molar-refractivity contribution in [1.29, 1.82) is 0 Å². The lowest BCUT2D eigenvalue weighted by Crippen LogP contribution is -2.22. The topological polar surface area (TPSA) is 42.2 Å². The van der Waals surface area contributed by atoms with Crippen molar-refractivity contribution in [2.75, 3.05) is 11.4 Å². The predicted octanol–water partition coefficient (Wildman–Crippen LogP) is 4.72. The quantitative estimate of drug-likeness (QED) is 0.679. The molecule has 0 N–H and O–H groups in total. The summed E-state index contributed by atoms with van der Waals surface area (Å²) in [4.78, 5) is 2.20. The Kier molecular flexibility index (Phi) is 4.63. The van der Waals surface area contributed by atoms with Gasteiger partial charge in [-0.25, -0.2) is 0 Å². The van der Waals surface area contributed by atoms with E-state index in [1.165, 1.54) is 5.56 Å². The minimum Gasteiger partial charge on any atom is -0.419 e. The van der Waals surface area contributed by atoms with Crippen LogP contribution >= 0.6 is 11.6 Å². The molecule has 2 aromatic carbocycles. The lowest BCUT2D eigenvalue weighted by Gasteiger charge is -2.21. The van der Waals surface area contributed by atoms with Crippen LogP contribution in [-0.2, 0) is 6.54 Å². The fraction of sp³-hybridized carbons (Fsp3) is 0.222. The van der Waals surface area contributed by atoms with Gasteiger partial charge in [0.15, 0.2) is 0 Å². The zero-order chi connectivity index (χ0) is 16.2. The molecule has 5 heteroatoms. The van der Waals surface area contributed by atoms with E-state index >= 15 is 0 Å². The van der Waals surface area contributed by atoms with Gasteiger partial charge >= 0.3 is 0 Å². The van der Waals surface area contributed by atoms with Crippen molar-refractivity contribution >= 4 is 17.3 Å². The largest absolute Gasteiger partial charge is 0.419 e. The third-order valence-electron chi connectivity index (χ3n) is 3.63. The number of aromatic nitrogens is 2. The Morgan fingerprint density at radius 3 is 2.57 bits per heavy atom. The van der Waals surface area contributed by atoms with Crippen molar-refractivity contribution in [3.8, 4) is 11.5 Å². The summed E-state index contributed by atoms with van der Waals surface area (Å²) in [6.07, 6.45) is 0. The maximum Gasteiger partial charge on any atom is 0.247 e. The third-order valence-corrected chi connectivity index (χ3v) is 3.88. The zero-order valence-corrected chi connectivity index (χ0v) is 13.9. The van der Waals surface area contributed by atoms with Crippen LogP contribution in [0.1, 0.15) is 18.4 Å². The first-order valence-electron chi connectivity index (χ1n) is 7.55. The lowest BCUT2D eigenvalue weighted by atomic mass is 10.2. The van der Waals surface area contributed by atoms with E-state index in [2.05, 4.69) is 53.2 Å². The van der Waals surface area contributed by atoms with E-state index in [-0.39, 0.29) is 0 Å². The fourth-order valence-corrected chi connectivity index (χ4v) is 2.53. The minimum absolute atomic E-state index is 0.511. The van der Waals surface area contributed by atoms with Crippen LogP contribution < -0.4 is 4.90 Å². The normalized spacial score (nSPS) is 10.7. The molecule has 3 aromatic rings. The van der Waals surface area contributed by atoms with Gasteiger partial charge in [0.05, 0.1) is 6.54 Å². The summed E-state index contributed by atoms with van der Waals surface area (Å²) in [5.74, 6) is 1.11. The summed E-state index contributed by atoms with van der Waals surface area (Å²) in [5, 5.41) is 8.97. The van der Waals surface area contributed by atoms with Crippen molar-refractivity contribution in [1.82, 2.24) is 10.2 Å². The highest BCUT2D eigenvalue weighted by Gasteiger charge is 2.12. The smallest absolute Gasteiger partial charge is 0.247 e. The second-order valence-electron chi connectivity index (χ2n) is 5.36. The number of hydrogen-bond donors (Lipinski definition) is 0. The molecule has 0 unspecified atom stereocenters. The molecule has 1 heterocycles. The Hall–Kier alpha value is -2.33. The highest BCUT2D eigenvalue weighted by Crippen LogP contribution is 2.22. The molecule has 1 aromatic heterocycles. The molecule has 0 bridgehead atoms. The Balaban J connectivity index is 1.78. The van der Waals surface area contributed by atoms with Crippen LogP contribution in [0.2, 0.25) is 5.02 Å². The first kappa shape index (κ1) is 15.6. The molecule has 4 nitrogen and oxygen atoms in total. The number of benzene rings is 2. The average molecular weight is 328 g/mol. The van der Waals surface area contributed by atoms with Crippen LogP contribution in [0.3, 0.4) is 0 Å². The van der Waals surface area contributed by atoms with Crippen molar-refractivity contribution < 1.29 is 4.42 Å². The van der Waals surface area contributed by atoms with E-state index < -0.39 is 0 Å². The van der Waals surface area contributed by atoms with E-state index in [4.69, 9.17) is 16.0 Å². The molecule has 23 heavy (non-hydrogen) atoms. The monoisotopic (exact) mass is 327 g/mol. The van der Waals surface area contributed by atoms with E-state index in [9.17, 15) is 0 Å². The zero-order valence-electron chi connectivity index (χ0n) is 13.2. The molecule has 0 aliphatic carbocycles. The summed E-state index contributed by atoms with van der Waals surface area (Å²) in [6.45, 7) is 5.64. The van der Waals surface area contributed by atoms with Crippen LogP contribution in [0.25, 0.3) is 11.5 Å². The van der Waals surface area contributed by atoms with Gasteiger partial charge in [0, 0.05) is 22.8 Å². The highest BCUT2D eigenvalue weighted by atomic mass is 35.5. The van der Waals surface area contributed by atoms with Gasteiger partial charge in [-0.2, -0.15) is 0 Å². The number of nitrogens with zero attached hydrogens (tertiary/aromatic N) is 3. The summed E-state index contributed by atoms with van der Waals surface area (Å²) in [7, 11) is 0. The average Bonchev–Trinajstić information content (AvgIpc) is 3.02. The van der Waals surface area contributed by atoms with Gasteiger partial charge in [0.2, 0.25) is 11.8 Å². The molecule has 0 spiro atoms. The number of aryl methyl sites for hydroxylation is 1. The summed E-state index contributed by atoms with van der Waals surface area (Å²) < 4.78 is 5.79. The van der Waals surface area contributed by atoms with Gasteiger partial charge in [-0.3, -0.25) is 0 Å². The molecular formula is C18H18ClN3O. The Bertz CT molecular complexity index is 783. The van der Waals surface area contributed by atoms with Gasteiger partial charge in [0.1, 0.15) is 0 Å². The molecule has 0 atom stereocenters. The van der Waals surface area contributed by atoms with Gasteiger partial charge in [0.25, 0.3) is 0 Å². The summed E-state index contributed by atoms with van der Waals surface area (Å²) in [6, 6.07) is 15.8. The number of halogens is 1. The molecule has 0 aliphatic rings. The molecular weight excluding hydrogens is 310 g/mol. The van der Waals surface area contributed by atoms with E-state index in [0.717, 1.165) is 17.8 Å². The van der Waals surface area contributed by atoms with E-state index in [1.807, 2.05) is 24.3 Å². The second-order valence-corrected chi connectivity index (χ2v) is 5.80. The number of rotatable bonds is 5. The molecule has 3 rings (SSSR count). The maximum atomic E-state index is 5.90. The van der Waals surface area contributed by atoms with Gasteiger partial charge in [-0.1, -0.05) is 23.7 Å². The summed E-state index contributed by atoms with van der Waals surface area (Å²) in [5.41, 5.74) is 3.25. The van der Waals surface area contributed by atoms with Crippen LogP contribution in [0, 0.1) is 6.92 Å². The van der Waals surface area contributed by atoms with E-state index in [1.54, 1.807) is 0 Å². The highest BCUT2D eigenvalue weighted by molar-refractivity contribution is 6.30. The molecule has 0 saturated carbocycles. The molecule has 0 saturated heterocycles. The van der Waals surface area contributed by atoms with Crippen LogP contribution in [0.5, 0.6) is 0 Å². The first-order chi connectivity index (χ1) is 11.2. The molecule has 0 amide bonds. The first-order valence-corrected chi connectivity index (χ1v) is 7.93. The molecule has 0 aliphatic heterocycles. The van der Waals surface area contributed by atoms with Gasteiger partial charge < -0.3 is 9.32 Å². The molecule has 118 valence electrons. The van der Waals surface area contributed by atoms with Gasteiger partial charge in [-0.15, -0.1) is 10.2 Å². The maximum absolute atomic E-state index is 5.90. The SMILES string of the molecule is CCN(Cc1nnc(-c2ccc(Cl)cc2)o1)c1cccc(C)c1. The third kappa shape index (κ3) is 3.71. The number of hydrogen-bond acceptors (Lipinski definition) is 4. The van der Waals surface area contributed by atoms with E-state index in [0.29, 0.717) is 23.3 Å². The second kappa shape index (κ2) is 6.84. The Labute approximate surface area is 140 Å². The number of anilines is 1. The van der Waals surface area contributed by atoms with Crippen molar-refractivity contribution in [2.24, 2.45) is 0 Å². The van der Waals surface area contributed by atoms with Crippen molar-refractivity contribution in [2.45, 2.75) is 20.4 Å². The Morgan fingerprint density at radius 1 is 1.09 bits per heavy atom. The lowest BCUT2D eigenvalue weighted by molar-refractivity contribution is 0.499. The minimum atomic E-state index is 0.511. The van der Waals surface area contributed by atoms with Crippen molar-refractivity contribution in [3.63, 3.8) is 0 Å². The van der Waals surface area contributed by atoms with Crippen LogP contribution in [0.4, 0.5) is 5.69 Å². The summed E-state index contributed by atoms with van der Waals surface area (Å²) >= 11 is 5.90. The van der Waals surface area contributed by atoms with Crippen molar-refractivity contribution in [3.05, 3.63) is 65.0 Å². The van der Waals surface area contributed by atoms with Crippen LogP contribution in [0.15, 0.2) is 52.9 Å². The Morgan fingerprint density at radius 2 is 1.87 bits per heavy atom. The predicted molar refractivity (Wildman–Crippen MR) is 92.6 cm³/mol.